The van der Waals surface area contributed by atoms with Crippen molar-refractivity contribution in [3.05, 3.63) is 42.1 Å². The van der Waals surface area contributed by atoms with Crippen molar-refractivity contribution in [3.63, 3.8) is 0 Å². The molecule has 3 rings (SSSR count). The van der Waals surface area contributed by atoms with Gasteiger partial charge in [0.25, 0.3) is 0 Å². The second-order valence-corrected chi connectivity index (χ2v) is 5.88. The van der Waals surface area contributed by atoms with Gasteiger partial charge in [-0.25, -0.2) is 0 Å². The number of alkyl halides is 1. The number of benzene rings is 1. The van der Waals surface area contributed by atoms with Gasteiger partial charge in [0.1, 0.15) is 0 Å². The smallest absolute Gasteiger partial charge is 0.227 e. The molecule has 0 spiro atoms. The van der Waals surface area contributed by atoms with Crippen molar-refractivity contribution in [2.45, 2.75) is 53.4 Å². The van der Waals surface area contributed by atoms with E-state index in [2.05, 4.69) is 15.5 Å². The lowest BCUT2D eigenvalue weighted by atomic mass is 10.0. The highest BCUT2D eigenvalue weighted by molar-refractivity contribution is 5.93. The van der Waals surface area contributed by atoms with E-state index in [4.69, 9.17) is 0 Å². The summed E-state index contributed by atoms with van der Waals surface area (Å²) < 4.78 is 10.3. The number of aryl methyl sites for hydroxylation is 1. The number of carbonyl (C=O) groups excluding carboxylic acids is 1. The van der Waals surface area contributed by atoms with Crippen LogP contribution >= 0.6 is 0 Å². The Labute approximate surface area is 157 Å². The van der Waals surface area contributed by atoms with E-state index in [0.29, 0.717) is 0 Å². The van der Waals surface area contributed by atoms with Gasteiger partial charge in [-0.15, -0.1) is 0 Å². The van der Waals surface area contributed by atoms with E-state index in [1.165, 1.54) is 6.92 Å². The van der Waals surface area contributed by atoms with Crippen LogP contribution in [0, 0.1) is 12.8 Å². The number of halogens is 1. The largest absolute Gasteiger partial charge is 0.326 e. The zero-order valence-corrected chi connectivity index (χ0v) is 16.3. The van der Waals surface area contributed by atoms with E-state index in [1.807, 2.05) is 51.1 Å². The molecule has 0 radical (unpaired) electrons. The predicted molar refractivity (Wildman–Crippen MR) is 108 cm³/mol. The van der Waals surface area contributed by atoms with Crippen molar-refractivity contribution >= 4 is 11.6 Å². The van der Waals surface area contributed by atoms with Gasteiger partial charge >= 0.3 is 0 Å². The summed E-state index contributed by atoms with van der Waals surface area (Å²) in [7, 11) is 0. The first-order valence-corrected chi connectivity index (χ1v) is 9.41. The van der Waals surface area contributed by atoms with Crippen LogP contribution in [0.3, 0.4) is 0 Å². The van der Waals surface area contributed by atoms with Gasteiger partial charge in [0, 0.05) is 24.8 Å². The lowest BCUT2D eigenvalue weighted by Gasteiger charge is -2.12. The van der Waals surface area contributed by atoms with Gasteiger partial charge in [-0.2, -0.15) is 10.2 Å². The number of hydrogen-bond acceptors (Lipinski definition) is 3. The number of nitrogens with one attached hydrogen (secondary N) is 1. The Morgan fingerprint density at radius 3 is 2.50 bits per heavy atom. The molecule has 144 valence electrons. The highest BCUT2D eigenvalue weighted by Crippen LogP contribution is 2.28. The third kappa shape index (κ3) is 6.54. The minimum Gasteiger partial charge on any atom is -0.326 e. The number of nitrogens with zero attached hydrogens (tertiary/aromatic N) is 2. The quantitative estimate of drug-likeness (QED) is 0.748. The maximum absolute atomic E-state index is 12.2. The van der Waals surface area contributed by atoms with Gasteiger partial charge in [0.2, 0.25) is 5.91 Å². The van der Waals surface area contributed by atoms with Gasteiger partial charge in [-0.3, -0.25) is 9.18 Å². The average Bonchev–Trinajstić information content (AvgIpc) is 3.21. The molecule has 0 atom stereocenters. The average molecular weight is 362 g/mol. The van der Waals surface area contributed by atoms with E-state index in [9.17, 15) is 9.18 Å². The lowest BCUT2D eigenvalue weighted by Crippen LogP contribution is -2.20. The zero-order chi connectivity index (χ0) is 19.4. The Hall–Kier alpha value is -2.30. The summed E-state index contributed by atoms with van der Waals surface area (Å²) in [4.78, 5) is 12.2. The molecule has 1 aromatic heterocycles. The molecule has 1 N–H and O–H groups in total. The van der Waals surface area contributed by atoms with Crippen LogP contribution in [0.1, 0.15) is 53.4 Å². The number of carbonyl (C=O) groups is 1. The number of aromatic nitrogens is 2. The molecule has 1 aliphatic rings. The molecule has 1 heterocycles. The molecular formula is C21H32FN3O. The first-order valence-electron chi connectivity index (χ1n) is 9.41. The van der Waals surface area contributed by atoms with Crippen molar-refractivity contribution in [1.82, 2.24) is 10.2 Å². The molecule has 0 unspecified atom stereocenters. The summed E-state index contributed by atoms with van der Waals surface area (Å²) >= 11 is 0. The fourth-order valence-electron chi connectivity index (χ4n) is 2.85. The fraction of sp³-hybridized carbons (Fsp3) is 0.476. The SMILES string of the molecule is CC.CCF.Cc1ccc(NC(=O)C2CCCC2)cc1-c1cccnn1.[HH]. The molecule has 4 nitrogen and oxygen atoms in total. The number of amides is 1. The second-order valence-electron chi connectivity index (χ2n) is 5.88. The zero-order valence-electron chi connectivity index (χ0n) is 16.3. The first kappa shape index (κ1) is 21.7. The highest BCUT2D eigenvalue weighted by atomic mass is 19.1. The molecule has 5 heteroatoms. The van der Waals surface area contributed by atoms with Crippen LogP contribution in [0.4, 0.5) is 10.1 Å². The van der Waals surface area contributed by atoms with Crippen LogP contribution in [0.15, 0.2) is 36.5 Å². The Bertz CT molecular complexity index is 662. The molecule has 1 saturated carbocycles. The van der Waals surface area contributed by atoms with Crippen LogP contribution in [0.25, 0.3) is 11.3 Å². The van der Waals surface area contributed by atoms with Crippen LogP contribution < -0.4 is 5.32 Å². The summed E-state index contributed by atoms with van der Waals surface area (Å²) in [5.74, 6) is 0.313. The van der Waals surface area contributed by atoms with Gasteiger partial charge in [-0.05, 0) is 56.5 Å². The summed E-state index contributed by atoms with van der Waals surface area (Å²) in [6, 6.07) is 9.73. The molecule has 1 aromatic carbocycles. The van der Waals surface area contributed by atoms with E-state index in [0.717, 1.165) is 48.2 Å². The summed E-state index contributed by atoms with van der Waals surface area (Å²) in [6.07, 6.45) is 6.00. The van der Waals surface area contributed by atoms with Gasteiger partial charge < -0.3 is 5.32 Å². The summed E-state index contributed by atoms with van der Waals surface area (Å²) in [6.45, 7) is 7.24. The topological polar surface area (TPSA) is 54.9 Å². The van der Waals surface area contributed by atoms with Crippen molar-refractivity contribution < 1.29 is 10.6 Å². The third-order valence-electron chi connectivity index (χ3n) is 4.08. The molecule has 0 aliphatic heterocycles. The van der Waals surface area contributed by atoms with Crippen molar-refractivity contribution in [2.75, 3.05) is 12.0 Å². The fourth-order valence-corrected chi connectivity index (χ4v) is 2.85. The molecule has 0 bridgehead atoms. The van der Waals surface area contributed by atoms with E-state index < -0.39 is 0 Å². The van der Waals surface area contributed by atoms with Gasteiger partial charge in [0.15, 0.2) is 0 Å². The van der Waals surface area contributed by atoms with Crippen LogP contribution in [0.5, 0.6) is 0 Å². The van der Waals surface area contributed by atoms with Crippen molar-refractivity contribution in [3.8, 4) is 11.3 Å². The van der Waals surface area contributed by atoms with Crippen LogP contribution in [-0.4, -0.2) is 22.8 Å². The predicted octanol–water partition coefficient (Wildman–Crippen LogP) is 5.83. The summed E-state index contributed by atoms with van der Waals surface area (Å²) in [5, 5.41) is 11.1. The monoisotopic (exact) mass is 361 g/mol. The van der Waals surface area contributed by atoms with E-state index in [1.54, 1.807) is 6.20 Å². The molecule has 0 saturated heterocycles. The van der Waals surface area contributed by atoms with Crippen molar-refractivity contribution in [2.24, 2.45) is 5.92 Å². The number of hydrogen-bond donors (Lipinski definition) is 1. The van der Waals surface area contributed by atoms with Crippen LogP contribution in [0.2, 0.25) is 0 Å². The van der Waals surface area contributed by atoms with E-state index >= 15 is 0 Å². The molecular weight excluding hydrogens is 329 g/mol. The van der Waals surface area contributed by atoms with Crippen LogP contribution in [-0.2, 0) is 4.79 Å². The second kappa shape index (κ2) is 12.1. The molecule has 1 aliphatic carbocycles. The first-order chi connectivity index (χ1) is 12.7. The van der Waals surface area contributed by atoms with E-state index in [-0.39, 0.29) is 19.9 Å². The maximum atomic E-state index is 12.2. The minimum atomic E-state index is -0.250. The maximum Gasteiger partial charge on any atom is 0.227 e. The Balaban J connectivity index is 0.00000103. The Morgan fingerprint density at radius 2 is 1.92 bits per heavy atom. The third-order valence-corrected chi connectivity index (χ3v) is 4.08. The highest BCUT2D eigenvalue weighted by Gasteiger charge is 2.22. The van der Waals surface area contributed by atoms with Crippen molar-refractivity contribution in [1.29, 1.82) is 0 Å². The van der Waals surface area contributed by atoms with Gasteiger partial charge in [0.05, 0.1) is 12.4 Å². The summed E-state index contributed by atoms with van der Waals surface area (Å²) in [5.41, 5.74) is 3.78. The number of anilines is 1. The minimum absolute atomic E-state index is 0. The molecule has 1 fully saturated rings. The normalized spacial score (nSPS) is 13.1. The standard InChI is InChI=1S/C17H19N3O.C2H5F.C2H6.H2/c1-12-8-9-14(19-17(21)13-5-2-3-6-13)11-15(12)16-7-4-10-18-20-16;1-2-3;1-2;/h4,7-11,13H,2-3,5-6H2,1H3,(H,19,21);2H2,1H3;1-2H3;1H. The molecule has 2 aromatic rings. The Morgan fingerprint density at radius 1 is 1.27 bits per heavy atom. The molecule has 26 heavy (non-hydrogen) atoms. The van der Waals surface area contributed by atoms with Gasteiger partial charge in [-0.1, -0.05) is 32.8 Å². The molecule has 1 amide bonds. The lowest BCUT2D eigenvalue weighted by molar-refractivity contribution is -0.119. The number of rotatable bonds is 3. The Kier molecular flexibility index (Phi) is 10.1.